The Morgan fingerprint density at radius 2 is 2.00 bits per heavy atom. The average Bonchev–Trinajstić information content (AvgIpc) is 2.27. The molecule has 1 aliphatic heterocycles. The maximum atomic E-state index is 11.8. The van der Waals surface area contributed by atoms with Crippen LogP contribution in [0.25, 0.3) is 0 Å². The van der Waals surface area contributed by atoms with Crippen LogP contribution in [-0.2, 0) is 9.26 Å². The molecule has 106 valence electrons. The van der Waals surface area contributed by atoms with E-state index in [-0.39, 0.29) is 12.0 Å². The van der Waals surface area contributed by atoms with Crippen molar-refractivity contribution in [3.8, 4) is 0 Å². The van der Waals surface area contributed by atoms with E-state index in [0.29, 0.717) is 19.7 Å². The maximum absolute atomic E-state index is 11.8. The summed E-state index contributed by atoms with van der Waals surface area (Å²) in [5, 5.41) is 9.81. The van der Waals surface area contributed by atoms with Gasteiger partial charge in [-0.1, -0.05) is 0 Å². The summed E-state index contributed by atoms with van der Waals surface area (Å²) in [5.41, 5.74) is -0.458. The predicted octanol–water partition coefficient (Wildman–Crippen LogP) is 1.80. The van der Waals surface area contributed by atoms with E-state index >= 15 is 0 Å². The molecule has 5 nitrogen and oxygen atoms in total. The Balaban J connectivity index is 2.37. The quantitative estimate of drug-likeness (QED) is 0.799. The molecule has 0 saturated carbocycles. The molecule has 0 aromatic rings. The van der Waals surface area contributed by atoms with Crippen LogP contribution < -0.4 is 0 Å². The van der Waals surface area contributed by atoms with Crippen LogP contribution in [-0.4, -0.2) is 47.5 Å². The van der Waals surface area contributed by atoms with Gasteiger partial charge in [-0.3, -0.25) is 0 Å². The molecule has 0 radical (unpaired) electrons. The molecule has 1 aliphatic rings. The van der Waals surface area contributed by atoms with E-state index < -0.39 is 11.7 Å². The number of rotatable bonds is 3. The Kier molecular flexibility index (Phi) is 5.83. The summed E-state index contributed by atoms with van der Waals surface area (Å²) in [6, 6.07) is 0. The Morgan fingerprint density at radius 1 is 1.44 bits per heavy atom. The molecule has 18 heavy (non-hydrogen) atoms. The van der Waals surface area contributed by atoms with Crippen LogP contribution >= 0.6 is 9.47 Å². The monoisotopic (exact) mass is 277 g/mol. The van der Waals surface area contributed by atoms with E-state index in [4.69, 9.17) is 9.26 Å². The molecule has 1 N–H and O–H groups in total. The zero-order valence-electron chi connectivity index (χ0n) is 11.4. The highest BCUT2D eigenvalue weighted by Crippen LogP contribution is 2.22. The Labute approximate surface area is 111 Å². The average molecular weight is 277 g/mol. The van der Waals surface area contributed by atoms with Crippen LogP contribution in [0.2, 0.25) is 0 Å². The lowest BCUT2D eigenvalue weighted by molar-refractivity contribution is 0.00160. The van der Waals surface area contributed by atoms with Crippen molar-refractivity contribution in [2.24, 2.45) is 5.92 Å². The van der Waals surface area contributed by atoms with E-state index in [9.17, 15) is 9.90 Å². The van der Waals surface area contributed by atoms with Gasteiger partial charge in [-0.2, -0.15) is 0 Å². The van der Waals surface area contributed by atoms with Gasteiger partial charge in [0, 0.05) is 22.6 Å². The minimum atomic E-state index is -0.458. The number of piperidine rings is 1. The zero-order chi connectivity index (χ0) is 13.8. The van der Waals surface area contributed by atoms with Crippen LogP contribution in [0.3, 0.4) is 0 Å². The molecule has 0 spiro atoms. The van der Waals surface area contributed by atoms with Crippen molar-refractivity contribution < 1.29 is 19.2 Å². The van der Waals surface area contributed by atoms with Gasteiger partial charge in [0.2, 0.25) is 0 Å². The fourth-order valence-electron chi connectivity index (χ4n) is 2.03. The van der Waals surface area contributed by atoms with Gasteiger partial charge in [0.1, 0.15) is 5.60 Å². The van der Waals surface area contributed by atoms with Crippen molar-refractivity contribution in [2.45, 2.75) is 45.3 Å². The molecule has 0 aromatic heterocycles. The molecule has 0 aliphatic carbocycles. The lowest BCUT2D eigenvalue weighted by Gasteiger charge is -2.35. The fraction of sp³-hybridized carbons (Fsp3) is 0.917. The summed E-state index contributed by atoms with van der Waals surface area (Å²) >= 11 is 0. The Hall–Kier alpha value is -0.380. The molecular weight excluding hydrogens is 253 g/mol. The van der Waals surface area contributed by atoms with Gasteiger partial charge in [0.25, 0.3) is 0 Å². The molecule has 1 heterocycles. The van der Waals surface area contributed by atoms with Crippen LogP contribution in [0, 0.1) is 5.92 Å². The van der Waals surface area contributed by atoms with Crippen molar-refractivity contribution in [1.82, 2.24) is 4.90 Å². The second-order valence-corrected chi connectivity index (χ2v) is 6.04. The van der Waals surface area contributed by atoms with Crippen LogP contribution in [0.15, 0.2) is 0 Å². The highest BCUT2D eigenvalue weighted by atomic mass is 31.0. The summed E-state index contributed by atoms with van der Waals surface area (Å²) < 4.78 is 10.2. The molecule has 0 bridgehead atoms. The van der Waals surface area contributed by atoms with Crippen molar-refractivity contribution in [3.63, 3.8) is 0 Å². The van der Waals surface area contributed by atoms with E-state index in [2.05, 4.69) is 9.47 Å². The van der Waals surface area contributed by atoms with Crippen LogP contribution in [0.5, 0.6) is 0 Å². The van der Waals surface area contributed by atoms with Gasteiger partial charge in [-0.15, -0.1) is 0 Å². The molecule has 6 heteroatoms. The number of nitrogens with zero attached hydrogens (tertiary/aromatic N) is 1. The number of carbonyl (C=O) groups is 1. The first-order valence-corrected chi connectivity index (χ1v) is 6.78. The molecular formula is C12H24NO4P. The van der Waals surface area contributed by atoms with Gasteiger partial charge >= 0.3 is 6.09 Å². The van der Waals surface area contributed by atoms with Gasteiger partial charge in [-0.05, 0) is 39.5 Å². The number of ether oxygens (including phenoxy) is 1. The minimum Gasteiger partial charge on any atom is -0.444 e. The number of aliphatic hydroxyl groups is 1. The van der Waals surface area contributed by atoms with Crippen molar-refractivity contribution in [1.29, 1.82) is 0 Å². The van der Waals surface area contributed by atoms with E-state index in [1.54, 1.807) is 4.90 Å². The molecule has 2 atom stereocenters. The standard InChI is InChI=1S/C12H24NO4P/c1-12(2,3)17-11(15)13-6-4-9(5-7-13)10(14)8-16-18/h9-10,14H,4-8,18H2,1-3H3/t10-/m1/s1. The SMILES string of the molecule is CC(C)(C)OC(=O)N1CCC([C@H](O)COP)CC1. The first-order chi connectivity index (χ1) is 8.33. The second-order valence-electron chi connectivity index (χ2n) is 5.71. The molecule has 1 unspecified atom stereocenters. The van der Waals surface area contributed by atoms with Crippen molar-refractivity contribution in [3.05, 3.63) is 0 Å². The second kappa shape index (κ2) is 6.69. The highest BCUT2D eigenvalue weighted by molar-refractivity contribution is 7.09. The summed E-state index contributed by atoms with van der Waals surface area (Å²) in [6.07, 6.45) is 0.851. The lowest BCUT2D eigenvalue weighted by atomic mass is 9.92. The van der Waals surface area contributed by atoms with E-state index in [0.717, 1.165) is 12.8 Å². The van der Waals surface area contributed by atoms with Gasteiger partial charge in [0.15, 0.2) is 0 Å². The van der Waals surface area contributed by atoms with E-state index in [1.165, 1.54) is 0 Å². The fourth-order valence-corrected chi connectivity index (χ4v) is 2.23. The summed E-state index contributed by atoms with van der Waals surface area (Å²) in [4.78, 5) is 13.5. The van der Waals surface area contributed by atoms with Crippen molar-refractivity contribution in [2.75, 3.05) is 19.7 Å². The van der Waals surface area contributed by atoms with Gasteiger partial charge in [-0.25, -0.2) is 4.79 Å². The van der Waals surface area contributed by atoms with Gasteiger partial charge < -0.3 is 19.3 Å². The maximum Gasteiger partial charge on any atom is 0.410 e. The normalized spacial score (nSPS) is 19.7. The number of hydrogen-bond acceptors (Lipinski definition) is 4. The molecule has 1 saturated heterocycles. The molecule has 0 aromatic carbocycles. The summed E-state index contributed by atoms with van der Waals surface area (Å²) in [7, 11) is 2.14. The number of likely N-dealkylation sites (tertiary alicyclic amines) is 1. The van der Waals surface area contributed by atoms with Crippen LogP contribution in [0.1, 0.15) is 33.6 Å². The Morgan fingerprint density at radius 3 is 2.44 bits per heavy atom. The van der Waals surface area contributed by atoms with Crippen molar-refractivity contribution >= 4 is 15.6 Å². The third-order valence-corrected chi connectivity index (χ3v) is 3.19. The number of carbonyl (C=O) groups excluding carboxylic acids is 1. The first kappa shape index (κ1) is 15.7. The lowest BCUT2D eigenvalue weighted by Crippen LogP contribution is -2.44. The first-order valence-electron chi connectivity index (χ1n) is 6.31. The predicted molar refractivity (Wildman–Crippen MR) is 72.2 cm³/mol. The highest BCUT2D eigenvalue weighted by Gasteiger charge is 2.29. The summed E-state index contributed by atoms with van der Waals surface area (Å²) in [5.74, 6) is 0.198. The number of aliphatic hydroxyl groups excluding tert-OH is 1. The largest absolute Gasteiger partial charge is 0.444 e. The minimum absolute atomic E-state index is 0.198. The zero-order valence-corrected chi connectivity index (χ0v) is 12.5. The molecule has 1 fully saturated rings. The number of amides is 1. The number of hydrogen-bond donors (Lipinski definition) is 1. The third-order valence-electron chi connectivity index (χ3n) is 3.00. The topological polar surface area (TPSA) is 59.0 Å². The van der Waals surface area contributed by atoms with E-state index in [1.807, 2.05) is 20.8 Å². The van der Waals surface area contributed by atoms with Crippen LogP contribution in [0.4, 0.5) is 4.79 Å². The smallest absolute Gasteiger partial charge is 0.410 e. The Bertz CT molecular complexity index is 272. The third kappa shape index (κ3) is 5.09. The summed E-state index contributed by atoms with van der Waals surface area (Å²) in [6.45, 7) is 7.16. The molecule has 1 amide bonds. The van der Waals surface area contributed by atoms with Gasteiger partial charge in [0.05, 0.1) is 12.7 Å². The molecule has 1 rings (SSSR count).